The molecule has 1 atom stereocenters. The van der Waals surface area contributed by atoms with Gasteiger partial charge in [0.2, 0.25) is 0 Å². The smallest absolute Gasteiger partial charge is 0.254 e. The summed E-state index contributed by atoms with van der Waals surface area (Å²) in [6.45, 7) is 2.71. The fourth-order valence-electron chi connectivity index (χ4n) is 1.65. The van der Waals surface area contributed by atoms with Crippen LogP contribution >= 0.6 is 15.9 Å². The lowest BCUT2D eigenvalue weighted by atomic mass is 10.3. The van der Waals surface area contributed by atoms with E-state index < -0.39 is 0 Å². The van der Waals surface area contributed by atoms with Crippen molar-refractivity contribution in [2.45, 2.75) is 18.2 Å². The number of nitrogens with zero attached hydrogens (tertiary/aromatic N) is 2. The van der Waals surface area contributed by atoms with Crippen LogP contribution in [0.5, 0.6) is 0 Å². The Morgan fingerprint density at radius 3 is 2.84 bits per heavy atom. The third-order valence-electron chi connectivity index (χ3n) is 2.69. The van der Waals surface area contributed by atoms with Gasteiger partial charge in [-0.2, -0.15) is 5.10 Å². The molecule has 1 amide bonds. The maximum Gasteiger partial charge on any atom is 0.254 e. The molecule has 0 saturated heterocycles. The third kappa shape index (κ3) is 3.92. The third-order valence-corrected chi connectivity index (χ3v) is 3.15. The summed E-state index contributed by atoms with van der Waals surface area (Å²) in [6.07, 6.45) is 4.22. The molecule has 1 aromatic heterocycles. The van der Waals surface area contributed by atoms with Gasteiger partial charge in [0.1, 0.15) is 0 Å². The zero-order chi connectivity index (χ0) is 13.7. The van der Waals surface area contributed by atoms with Gasteiger partial charge in [0.25, 0.3) is 5.91 Å². The van der Waals surface area contributed by atoms with Crippen molar-refractivity contribution < 1.29 is 4.79 Å². The number of alkyl halides is 1. The molecule has 19 heavy (non-hydrogen) atoms. The van der Waals surface area contributed by atoms with Gasteiger partial charge in [-0.25, -0.2) is 4.68 Å². The molecule has 2 rings (SSSR count). The maximum absolute atomic E-state index is 11.9. The molecule has 0 aliphatic carbocycles. The van der Waals surface area contributed by atoms with E-state index in [0.717, 1.165) is 12.1 Å². The minimum absolute atomic E-state index is 0.0877. The van der Waals surface area contributed by atoms with E-state index in [0.29, 0.717) is 16.9 Å². The van der Waals surface area contributed by atoms with Crippen molar-refractivity contribution in [3.05, 3.63) is 48.3 Å². The fourth-order valence-corrected chi connectivity index (χ4v) is 1.88. The molecule has 0 aliphatic rings. The molecule has 4 nitrogen and oxygen atoms in total. The monoisotopic (exact) mass is 321 g/mol. The number of aromatic nitrogens is 2. The number of nitrogens with one attached hydrogen (secondary N) is 1. The van der Waals surface area contributed by atoms with Gasteiger partial charge in [0.05, 0.1) is 17.4 Å². The Morgan fingerprint density at radius 1 is 1.42 bits per heavy atom. The lowest BCUT2D eigenvalue weighted by Crippen LogP contribution is -2.25. The number of hydrogen-bond acceptors (Lipinski definition) is 2. The molecule has 0 bridgehead atoms. The molecule has 1 heterocycles. The summed E-state index contributed by atoms with van der Waals surface area (Å²) in [5.74, 6) is -0.0877. The minimum atomic E-state index is -0.0877. The maximum atomic E-state index is 11.9. The normalized spacial score (nSPS) is 12.1. The van der Waals surface area contributed by atoms with Gasteiger partial charge < -0.3 is 5.32 Å². The summed E-state index contributed by atoms with van der Waals surface area (Å²) in [7, 11) is 0. The fraction of sp³-hybridized carbons (Fsp3) is 0.286. The van der Waals surface area contributed by atoms with E-state index in [9.17, 15) is 4.79 Å². The van der Waals surface area contributed by atoms with Gasteiger partial charge in [0, 0.05) is 17.6 Å². The van der Waals surface area contributed by atoms with Gasteiger partial charge in [-0.15, -0.1) is 0 Å². The van der Waals surface area contributed by atoms with E-state index in [1.54, 1.807) is 17.1 Å². The van der Waals surface area contributed by atoms with Crippen molar-refractivity contribution in [3.63, 3.8) is 0 Å². The van der Waals surface area contributed by atoms with Gasteiger partial charge in [-0.3, -0.25) is 4.79 Å². The van der Waals surface area contributed by atoms with Crippen molar-refractivity contribution >= 4 is 21.8 Å². The quantitative estimate of drug-likeness (QED) is 0.861. The van der Waals surface area contributed by atoms with Crippen LogP contribution in [0.25, 0.3) is 5.69 Å². The number of carbonyl (C=O) groups excluding carboxylic acids is 1. The zero-order valence-electron chi connectivity index (χ0n) is 10.7. The minimum Gasteiger partial charge on any atom is -0.352 e. The van der Waals surface area contributed by atoms with Crippen LogP contribution < -0.4 is 5.32 Å². The van der Waals surface area contributed by atoms with Crippen LogP contribution in [0.15, 0.2) is 42.7 Å². The summed E-state index contributed by atoms with van der Waals surface area (Å²) < 4.78 is 1.70. The Kier molecular flexibility index (Phi) is 4.74. The Bertz CT molecular complexity index is 537. The number of hydrogen-bond donors (Lipinski definition) is 1. The van der Waals surface area contributed by atoms with Gasteiger partial charge in [-0.1, -0.05) is 41.1 Å². The average molecular weight is 322 g/mol. The zero-order valence-corrected chi connectivity index (χ0v) is 12.3. The summed E-state index contributed by atoms with van der Waals surface area (Å²) in [5.41, 5.74) is 1.52. The standard InChI is InChI=1S/C14H16BrN3O/c1-11(15)7-8-16-14(19)12-9-17-18(10-12)13-5-3-2-4-6-13/h2-6,9-11H,7-8H2,1H3,(H,16,19). The lowest BCUT2D eigenvalue weighted by Gasteiger charge is -2.04. The van der Waals surface area contributed by atoms with Crippen LogP contribution in [0.3, 0.4) is 0 Å². The van der Waals surface area contributed by atoms with Crippen LogP contribution in [0.2, 0.25) is 0 Å². The molecule has 1 aromatic carbocycles. The van der Waals surface area contributed by atoms with Crippen LogP contribution in [-0.2, 0) is 0 Å². The molecule has 100 valence electrons. The molecule has 0 fully saturated rings. The molecular formula is C14H16BrN3O. The van der Waals surface area contributed by atoms with E-state index in [1.165, 1.54) is 0 Å². The highest BCUT2D eigenvalue weighted by atomic mass is 79.9. The Balaban J connectivity index is 1.99. The van der Waals surface area contributed by atoms with Crippen molar-refractivity contribution in [1.29, 1.82) is 0 Å². The molecular weight excluding hydrogens is 306 g/mol. The largest absolute Gasteiger partial charge is 0.352 e. The van der Waals surface area contributed by atoms with E-state index in [1.807, 2.05) is 30.3 Å². The highest BCUT2D eigenvalue weighted by Gasteiger charge is 2.09. The van der Waals surface area contributed by atoms with Crippen molar-refractivity contribution in [2.75, 3.05) is 6.54 Å². The van der Waals surface area contributed by atoms with Crippen LogP contribution in [0.1, 0.15) is 23.7 Å². The van der Waals surface area contributed by atoms with Crippen LogP contribution in [0, 0.1) is 0 Å². The number of halogens is 1. The number of carbonyl (C=O) groups is 1. The Morgan fingerprint density at radius 2 is 2.16 bits per heavy atom. The summed E-state index contributed by atoms with van der Waals surface area (Å²) >= 11 is 3.45. The topological polar surface area (TPSA) is 46.9 Å². The second-order valence-electron chi connectivity index (χ2n) is 4.33. The van der Waals surface area contributed by atoms with Crippen molar-refractivity contribution in [1.82, 2.24) is 15.1 Å². The number of rotatable bonds is 5. The van der Waals surface area contributed by atoms with Crippen LogP contribution in [0.4, 0.5) is 0 Å². The highest BCUT2D eigenvalue weighted by molar-refractivity contribution is 9.09. The molecule has 1 unspecified atom stereocenters. The highest BCUT2D eigenvalue weighted by Crippen LogP contribution is 2.07. The predicted octanol–water partition coefficient (Wildman–Crippen LogP) is 2.78. The summed E-state index contributed by atoms with van der Waals surface area (Å²) in [6, 6.07) is 9.72. The molecule has 0 saturated carbocycles. The first-order valence-electron chi connectivity index (χ1n) is 6.19. The first-order chi connectivity index (χ1) is 9.16. The van der Waals surface area contributed by atoms with Crippen LogP contribution in [-0.4, -0.2) is 27.1 Å². The number of amides is 1. The number of benzene rings is 1. The van der Waals surface area contributed by atoms with E-state index >= 15 is 0 Å². The summed E-state index contributed by atoms with van der Waals surface area (Å²) in [4.78, 5) is 12.3. The van der Waals surface area contributed by atoms with Crippen molar-refractivity contribution in [2.24, 2.45) is 0 Å². The second-order valence-corrected chi connectivity index (χ2v) is 5.90. The van der Waals surface area contributed by atoms with Gasteiger partial charge >= 0.3 is 0 Å². The molecule has 0 radical (unpaired) electrons. The Hall–Kier alpha value is -1.62. The van der Waals surface area contributed by atoms with Crippen molar-refractivity contribution in [3.8, 4) is 5.69 Å². The lowest BCUT2D eigenvalue weighted by molar-refractivity contribution is 0.0953. The van der Waals surface area contributed by atoms with Gasteiger partial charge in [-0.05, 0) is 18.6 Å². The Labute approximate surface area is 120 Å². The van der Waals surface area contributed by atoms with E-state index in [-0.39, 0.29) is 5.91 Å². The molecule has 1 N–H and O–H groups in total. The molecule has 0 spiro atoms. The predicted molar refractivity (Wildman–Crippen MR) is 78.9 cm³/mol. The molecule has 5 heteroatoms. The SMILES string of the molecule is CC(Br)CCNC(=O)c1cnn(-c2ccccc2)c1. The van der Waals surface area contributed by atoms with Gasteiger partial charge in [0.15, 0.2) is 0 Å². The van der Waals surface area contributed by atoms with E-state index in [2.05, 4.69) is 33.3 Å². The number of para-hydroxylation sites is 1. The second kappa shape index (κ2) is 6.52. The summed E-state index contributed by atoms with van der Waals surface area (Å²) in [5, 5.41) is 7.07. The first kappa shape index (κ1) is 13.8. The van der Waals surface area contributed by atoms with E-state index in [4.69, 9.17) is 0 Å². The average Bonchev–Trinajstić information content (AvgIpc) is 2.89. The molecule has 2 aromatic rings. The first-order valence-corrected chi connectivity index (χ1v) is 7.11. The molecule has 0 aliphatic heterocycles.